The summed E-state index contributed by atoms with van der Waals surface area (Å²) < 4.78 is 0.776. The van der Waals surface area contributed by atoms with Gasteiger partial charge in [0.1, 0.15) is 5.75 Å². The normalized spacial score (nSPS) is 10.7. The molecular formula is C12H17BrO2. The van der Waals surface area contributed by atoms with Crippen LogP contribution in [0.25, 0.3) is 0 Å². The second-order valence-electron chi connectivity index (χ2n) is 3.84. The molecule has 1 rings (SSSR count). The molecule has 15 heavy (non-hydrogen) atoms. The van der Waals surface area contributed by atoms with Gasteiger partial charge in [-0.3, -0.25) is 0 Å². The fourth-order valence-corrected chi connectivity index (χ4v) is 2.33. The number of halogens is 1. The number of hydrogen-bond acceptors (Lipinski definition) is 2. The van der Waals surface area contributed by atoms with E-state index in [2.05, 4.69) is 15.9 Å². The molecule has 2 N–H and O–H groups in total. The Balaban J connectivity index is 3.26. The van der Waals surface area contributed by atoms with E-state index in [4.69, 9.17) is 5.11 Å². The highest BCUT2D eigenvalue weighted by atomic mass is 79.9. The maximum Gasteiger partial charge on any atom is 0.133 e. The molecule has 0 atom stereocenters. The lowest BCUT2D eigenvalue weighted by Gasteiger charge is -2.16. The van der Waals surface area contributed by atoms with Gasteiger partial charge in [-0.2, -0.15) is 0 Å². The van der Waals surface area contributed by atoms with Gasteiger partial charge in [-0.15, -0.1) is 0 Å². The smallest absolute Gasteiger partial charge is 0.133 e. The minimum atomic E-state index is 0.205. The van der Waals surface area contributed by atoms with Crippen LogP contribution < -0.4 is 0 Å². The molecule has 0 aliphatic heterocycles. The highest BCUT2D eigenvalue weighted by Crippen LogP contribution is 2.36. The van der Waals surface area contributed by atoms with Crippen molar-refractivity contribution in [3.05, 3.63) is 26.7 Å². The van der Waals surface area contributed by atoms with E-state index in [1.807, 2.05) is 20.8 Å². The molecule has 0 radical (unpaired) electrons. The van der Waals surface area contributed by atoms with Gasteiger partial charge < -0.3 is 10.2 Å². The largest absolute Gasteiger partial charge is 0.506 e. The first-order valence-electron chi connectivity index (χ1n) is 5.08. The molecule has 0 unspecified atom stereocenters. The van der Waals surface area contributed by atoms with E-state index in [1.165, 1.54) is 5.56 Å². The standard InChI is InChI=1S/C12H17BrO2/c1-7-8(2)12(15)11(13)9(3)10(7)5-4-6-14/h14-15H,4-6H2,1-3H3. The van der Waals surface area contributed by atoms with Crippen LogP contribution in [0, 0.1) is 20.8 Å². The Morgan fingerprint density at radius 1 is 1.07 bits per heavy atom. The van der Waals surface area contributed by atoms with Crippen molar-refractivity contribution in [1.82, 2.24) is 0 Å². The zero-order valence-corrected chi connectivity index (χ0v) is 11.0. The maximum absolute atomic E-state index is 9.82. The molecule has 0 bridgehead atoms. The van der Waals surface area contributed by atoms with E-state index in [0.717, 1.165) is 34.0 Å². The van der Waals surface area contributed by atoms with Crippen LogP contribution in [0.3, 0.4) is 0 Å². The van der Waals surface area contributed by atoms with E-state index in [9.17, 15) is 5.11 Å². The van der Waals surface area contributed by atoms with E-state index >= 15 is 0 Å². The molecule has 84 valence electrons. The van der Waals surface area contributed by atoms with Crippen molar-refractivity contribution in [3.8, 4) is 5.75 Å². The van der Waals surface area contributed by atoms with Crippen LogP contribution in [0.2, 0.25) is 0 Å². The summed E-state index contributed by atoms with van der Waals surface area (Å²) in [5, 5.41) is 18.7. The summed E-state index contributed by atoms with van der Waals surface area (Å²) in [7, 11) is 0. The number of phenolic OH excluding ortho intramolecular Hbond substituents is 1. The number of phenols is 1. The summed E-state index contributed by atoms with van der Waals surface area (Å²) in [5.74, 6) is 0.331. The third-order valence-corrected chi connectivity index (χ3v) is 3.92. The number of aromatic hydroxyl groups is 1. The zero-order chi connectivity index (χ0) is 11.6. The highest BCUT2D eigenvalue weighted by Gasteiger charge is 2.14. The van der Waals surface area contributed by atoms with E-state index in [-0.39, 0.29) is 6.61 Å². The Hall–Kier alpha value is -0.540. The van der Waals surface area contributed by atoms with Crippen LogP contribution in [0.5, 0.6) is 5.75 Å². The summed E-state index contributed by atoms with van der Waals surface area (Å²) in [6.45, 7) is 6.12. The van der Waals surface area contributed by atoms with E-state index in [0.29, 0.717) is 5.75 Å². The molecule has 0 aromatic heterocycles. The molecular weight excluding hydrogens is 256 g/mol. The third kappa shape index (κ3) is 2.34. The number of rotatable bonds is 3. The van der Waals surface area contributed by atoms with Crippen LogP contribution in [-0.4, -0.2) is 16.8 Å². The van der Waals surface area contributed by atoms with Gasteiger partial charge in [0.2, 0.25) is 0 Å². The average molecular weight is 273 g/mol. The van der Waals surface area contributed by atoms with Crippen LogP contribution in [0.1, 0.15) is 28.7 Å². The number of aliphatic hydroxyl groups excluding tert-OH is 1. The highest BCUT2D eigenvalue weighted by molar-refractivity contribution is 9.10. The fourth-order valence-electron chi connectivity index (χ4n) is 1.79. The maximum atomic E-state index is 9.82. The van der Waals surface area contributed by atoms with Gasteiger partial charge in [0.15, 0.2) is 0 Å². The lowest BCUT2D eigenvalue weighted by Crippen LogP contribution is -2.00. The Bertz CT molecular complexity index is 343. The Morgan fingerprint density at radius 3 is 2.20 bits per heavy atom. The third-order valence-electron chi connectivity index (χ3n) is 2.95. The first kappa shape index (κ1) is 12.5. The summed E-state index contributed by atoms with van der Waals surface area (Å²) in [5.41, 5.74) is 4.34. The van der Waals surface area contributed by atoms with Crippen molar-refractivity contribution in [1.29, 1.82) is 0 Å². The monoisotopic (exact) mass is 272 g/mol. The molecule has 1 aromatic carbocycles. The SMILES string of the molecule is Cc1c(C)c(CCCO)c(C)c(Br)c1O. The zero-order valence-electron chi connectivity index (χ0n) is 9.39. The van der Waals surface area contributed by atoms with Crippen LogP contribution in [0.15, 0.2) is 4.47 Å². The molecule has 0 amide bonds. The van der Waals surface area contributed by atoms with Gasteiger partial charge in [-0.05, 0) is 71.8 Å². The molecule has 0 fully saturated rings. The minimum Gasteiger partial charge on any atom is -0.506 e. The number of aliphatic hydroxyl groups is 1. The van der Waals surface area contributed by atoms with Crippen molar-refractivity contribution in [2.45, 2.75) is 33.6 Å². The Morgan fingerprint density at radius 2 is 1.67 bits per heavy atom. The predicted molar refractivity (Wildman–Crippen MR) is 65.4 cm³/mol. The van der Waals surface area contributed by atoms with Crippen LogP contribution >= 0.6 is 15.9 Å². The first-order chi connectivity index (χ1) is 7.00. The lowest BCUT2D eigenvalue weighted by molar-refractivity contribution is 0.288. The van der Waals surface area contributed by atoms with Crippen molar-refractivity contribution < 1.29 is 10.2 Å². The molecule has 0 saturated heterocycles. The molecule has 0 spiro atoms. The molecule has 1 aromatic rings. The van der Waals surface area contributed by atoms with E-state index in [1.54, 1.807) is 0 Å². The van der Waals surface area contributed by atoms with E-state index < -0.39 is 0 Å². The van der Waals surface area contributed by atoms with Crippen LogP contribution in [0.4, 0.5) is 0 Å². The molecule has 0 aliphatic rings. The van der Waals surface area contributed by atoms with Gasteiger partial charge in [-0.25, -0.2) is 0 Å². The Kier molecular flexibility index (Phi) is 4.17. The van der Waals surface area contributed by atoms with Crippen molar-refractivity contribution in [2.75, 3.05) is 6.61 Å². The summed E-state index contributed by atoms with van der Waals surface area (Å²) in [6.07, 6.45) is 1.62. The molecule has 0 aliphatic carbocycles. The van der Waals surface area contributed by atoms with Gasteiger partial charge in [0.25, 0.3) is 0 Å². The van der Waals surface area contributed by atoms with Crippen LogP contribution in [-0.2, 0) is 6.42 Å². The second-order valence-corrected chi connectivity index (χ2v) is 4.64. The topological polar surface area (TPSA) is 40.5 Å². The second kappa shape index (κ2) is 4.99. The van der Waals surface area contributed by atoms with Gasteiger partial charge in [-0.1, -0.05) is 0 Å². The van der Waals surface area contributed by atoms with Crippen molar-refractivity contribution >= 4 is 15.9 Å². The summed E-state index contributed by atoms with van der Waals surface area (Å²) >= 11 is 3.39. The average Bonchev–Trinajstić information content (AvgIpc) is 2.24. The first-order valence-corrected chi connectivity index (χ1v) is 5.88. The number of hydrogen-bond donors (Lipinski definition) is 2. The Labute approximate surface area is 99.1 Å². The van der Waals surface area contributed by atoms with Gasteiger partial charge >= 0.3 is 0 Å². The van der Waals surface area contributed by atoms with Gasteiger partial charge in [0.05, 0.1) is 4.47 Å². The fraction of sp³-hybridized carbons (Fsp3) is 0.500. The number of benzene rings is 1. The lowest BCUT2D eigenvalue weighted by atomic mass is 9.94. The summed E-state index contributed by atoms with van der Waals surface area (Å²) in [6, 6.07) is 0. The molecule has 0 saturated carbocycles. The van der Waals surface area contributed by atoms with Gasteiger partial charge in [0, 0.05) is 6.61 Å². The summed E-state index contributed by atoms with van der Waals surface area (Å²) in [4.78, 5) is 0. The predicted octanol–water partition coefficient (Wildman–Crippen LogP) is 3.00. The minimum absolute atomic E-state index is 0.205. The van der Waals surface area contributed by atoms with Crippen molar-refractivity contribution in [3.63, 3.8) is 0 Å². The molecule has 2 nitrogen and oxygen atoms in total. The quantitative estimate of drug-likeness (QED) is 0.888. The molecule has 0 heterocycles. The molecule has 3 heteroatoms. The van der Waals surface area contributed by atoms with Crippen molar-refractivity contribution in [2.24, 2.45) is 0 Å².